The molecule has 0 aromatic carbocycles. The van der Waals surface area contributed by atoms with Crippen LogP contribution in [0.3, 0.4) is 0 Å². The topological polar surface area (TPSA) is 134 Å². The maximum atomic E-state index is 14.9. The van der Waals surface area contributed by atoms with E-state index < -0.39 is 30.7 Å². The Hall–Kier alpha value is -2.37. The third-order valence-corrected chi connectivity index (χ3v) is 5.03. The lowest BCUT2D eigenvalue weighted by molar-refractivity contribution is -0.128. The summed E-state index contributed by atoms with van der Waals surface area (Å²) in [6, 6.07) is 0. The first kappa shape index (κ1) is 20.4. The number of alkyl halides is 1. The van der Waals surface area contributed by atoms with Gasteiger partial charge in [-0.25, -0.2) is 9.37 Å². The van der Waals surface area contributed by atoms with E-state index in [4.69, 9.17) is 4.74 Å². The minimum atomic E-state index is -1.80. The number of carbonyl (C=O) groups excluding carboxylic acids is 1. The SMILES string of the molecule is CC[C@]1(CO)O[C@@H](n2cnc3c(NC)nc(NC(=O)C(C)C)nc32)[C@H](F)[C@@H]1O. The molecule has 1 amide bonds. The number of halogens is 1. The van der Waals surface area contributed by atoms with Crippen molar-refractivity contribution in [1.82, 2.24) is 19.5 Å². The molecule has 1 aliphatic heterocycles. The first-order valence-corrected chi connectivity index (χ1v) is 9.12. The molecule has 0 spiro atoms. The van der Waals surface area contributed by atoms with Crippen molar-refractivity contribution in [3.8, 4) is 0 Å². The van der Waals surface area contributed by atoms with Gasteiger partial charge in [-0.1, -0.05) is 20.8 Å². The Bertz CT molecular complexity index is 869. The molecular formula is C17H25FN6O4. The molecule has 0 aliphatic carbocycles. The fourth-order valence-corrected chi connectivity index (χ4v) is 3.15. The molecule has 0 unspecified atom stereocenters. The first-order chi connectivity index (χ1) is 13.3. The number of rotatable bonds is 6. The molecule has 0 radical (unpaired) electrons. The number of amides is 1. The smallest absolute Gasteiger partial charge is 0.233 e. The minimum absolute atomic E-state index is 0.0372. The highest BCUT2D eigenvalue weighted by Crippen LogP contribution is 2.42. The van der Waals surface area contributed by atoms with E-state index in [9.17, 15) is 19.4 Å². The minimum Gasteiger partial charge on any atom is -0.393 e. The van der Waals surface area contributed by atoms with Crippen molar-refractivity contribution in [2.45, 2.75) is 51.3 Å². The highest BCUT2D eigenvalue weighted by molar-refractivity contribution is 5.92. The second-order valence-electron chi connectivity index (χ2n) is 7.09. The van der Waals surface area contributed by atoms with E-state index in [2.05, 4.69) is 25.6 Å². The summed E-state index contributed by atoms with van der Waals surface area (Å²) >= 11 is 0. The van der Waals surface area contributed by atoms with E-state index >= 15 is 0 Å². The lowest BCUT2D eigenvalue weighted by atomic mass is 9.94. The summed E-state index contributed by atoms with van der Waals surface area (Å²) in [5, 5.41) is 25.4. The summed E-state index contributed by atoms with van der Waals surface area (Å²) in [4.78, 5) is 24.7. The van der Waals surface area contributed by atoms with Gasteiger partial charge in [0.15, 0.2) is 29.4 Å². The molecule has 3 heterocycles. The van der Waals surface area contributed by atoms with Crippen LogP contribution in [0.5, 0.6) is 0 Å². The average molecular weight is 396 g/mol. The molecule has 10 nitrogen and oxygen atoms in total. The number of imidazole rings is 1. The van der Waals surface area contributed by atoms with Gasteiger partial charge < -0.3 is 20.3 Å². The van der Waals surface area contributed by atoms with E-state index in [1.54, 1.807) is 27.8 Å². The summed E-state index contributed by atoms with van der Waals surface area (Å²) in [7, 11) is 1.64. The molecular weight excluding hydrogens is 371 g/mol. The molecule has 11 heteroatoms. The number of carbonyl (C=O) groups is 1. The van der Waals surface area contributed by atoms with Crippen LogP contribution in [0.15, 0.2) is 6.33 Å². The van der Waals surface area contributed by atoms with Gasteiger partial charge in [-0.15, -0.1) is 0 Å². The molecule has 2 aromatic heterocycles. The second kappa shape index (κ2) is 7.57. The quantitative estimate of drug-likeness (QED) is 0.564. The third kappa shape index (κ3) is 3.19. The van der Waals surface area contributed by atoms with Gasteiger partial charge in [-0.3, -0.25) is 14.7 Å². The number of aliphatic hydroxyl groups excluding tert-OH is 2. The van der Waals surface area contributed by atoms with Crippen molar-refractivity contribution in [3.63, 3.8) is 0 Å². The first-order valence-electron chi connectivity index (χ1n) is 9.12. The van der Waals surface area contributed by atoms with Crippen LogP contribution < -0.4 is 10.6 Å². The summed E-state index contributed by atoms with van der Waals surface area (Å²) in [5.41, 5.74) is -0.828. The Morgan fingerprint density at radius 3 is 2.71 bits per heavy atom. The van der Waals surface area contributed by atoms with Crippen LogP contribution in [0.25, 0.3) is 11.2 Å². The van der Waals surface area contributed by atoms with Gasteiger partial charge >= 0.3 is 0 Å². The van der Waals surface area contributed by atoms with Crippen LogP contribution in [0.2, 0.25) is 0 Å². The highest BCUT2D eigenvalue weighted by atomic mass is 19.1. The van der Waals surface area contributed by atoms with Crippen molar-refractivity contribution in [1.29, 1.82) is 0 Å². The zero-order chi connectivity index (χ0) is 20.6. The number of nitrogens with zero attached hydrogens (tertiary/aromatic N) is 4. The number of aliphatic hydroxyl groups is 2. The molecule has 1 saturated heterocycles. The Morgan fingerprint density at radius 2 is 2.18 bits per heavy atom. The zero-order valence-corrected chi connectivity index (χ0v) is 16.2. The molecule has 3 rings (SSSR count). The Morgan fingerprint density at radius 1 is 1.46 bits per heavy atom. The van der Waals surface area contributed by atoms with E-state index in [-0.39, 0.29) is 29.8 Å². The molecule has 154 valence electrons. The summed E-state index contributed by atoms with van der Waals surface area (Å²) in [6.45, 7) is 4.64. The van der Waals surface area contributed by atoms with Gasteiger partial charge in [-0.2, -0.15) is 9.97 Å². The van der Waals surface area contributed by atoms with Gasteiger partial charge in [0, 0.05) is 13.0 Å². The number of anilines is 2. The summed E-state index contributed by atoms with van der Waals surface area (Å²) in [6.07, 6.45) is -2.98. The van der Waals surface area contributed by atoms with Gasteiger partial charge in [0.05, 0.1) is 12.9 Å². The van der Waals surface area contributed by atoms with Gasteiger partial charge in [0.25, 0.3) is 0 Å². The van der Waals surface area contributed by atoms with E-state index in [0.717, 1.165) is 0 Å². The monoisotopic (exact) mass is 396 g/mol. The van der Waals surface area contributed by atoms with Crippen LogP contribution in [0, 0.1) is 5.92 Å². The van der Waals surface area contributed by atoms with Gasteiger partial charge in [0.2, 0.25) is 11.9 Å². The normalized spacial score (nSPS) is 27.5. The maximum Gasteiger partial charge on any atom is 0.233 e. The second-order valence-corrected chi connectivity index (χ2v) is 7.09. The lowest BCUT2D eigenvalue weighted by Gasteiger charge is -2.28. The van der Waals surface area contributed by atoms with E-state index in [1.165, 1.54) is 10.9 Å². The molecule has 1 fully saturated rings. The Kier molecular flexibility index (Phi) is 5.50. The summed E-state index contributed by atoms with van der Waals surface area (Å²) in [5.74, 6) is -0.162. The molecule has 1 aliphatic rings. The van der Waals surface area contributed by atoms with Crippen LogP contribution in [0.1, 0.15) is 33.4 Å². The third-order valence-electron chi connectivity index (χ3n) is 5.03. The average Bonchev–Trinajstić information content (AvgIpc) is 3.21. The molecule has 4 N–H and O–H groups in total. The number of fused-ring (bicyclic) bond motifs is 1. The number of aromatic nitrogens is 4. The predicted molar refractivity (Wildman–Crippen MR) is 99.5 cm³/mol. The molecule has 2 aromatic rings. The van der Waals surface area contributed by atoms with Crippen LogP contribution in [-0.4, -0.2) is 67.2 Å². The van der Waals surface area contributed by atoms with Crippen molar-refractivity contribution < 1.29 is 24.1 Å². The fraction of sp³-hybridized carbons (Fsp3) is 0.647. The van der Waals surface area contributed by atoms with Gasteiger partial charge in [-0.05, 0) is 6.42 Å². The van der Waals surface area contributed by atoms with Crippen LogP contribution in [0.4, 0.5) is 16.2 Å². The number of hydrogen-bond acceptors (Lipinski definition) is 8. The molecule has 0 saturated carbocycles. The number of hydrogen-bond donors (Lipinski definition) is 4. The van der Waals surface area contributed by atoms with E-state index in [0.29, 0.717) is 11.3 Å². The maximum absolute atomic E-state index is 14.9. The molecule has 4 atom stereocenters. The largest absolute Gasteiger partial charge is 0.393 e. The fourth-order valence-electron chi connectivity index (χ4n) is 3.15. The lowest BCUT2D eigenvalue weighted by Crippen LogP contribution is -2.44. The zero-order valence-electron chi connectivity index (χ0n) is 16.2. The van der Waals surface area contributed by atoms with Crippen LogP contribution >= 0.6 is 0 Å². The van der Waals surface area contributed by atoms with Crippen molar-refractivity contribution in [2.24, 2.45) is 5.92 Å². The van der Waals surface area contributed by atoms with Crippen molar-refractivity contribution >= 4 is 28.8 Å². The Balaban J connectivity index is 2.06. The highest BCUT2D eigenvalue weighted by Gasteiger charge is 2.55. The molecule has 28 heavy (non-hydrogen) atoms. The Labute approximate surface area is 161 Å². The van der Waals surface area contributed by atoms with Crippen molar-refractivity contribution in [2.75, 3.05) is 24.3 Å². The van der Waals surface area contributed by atoms with Gasteiger partial charge in [0.1, 0.15) is 11.7 Å². The number of nitrogens with one attached hydrogen (secondary N) is 2. The van der Waals surface area contributed by atoms with Crippen LogP contribution in [-0.2, 0) is 9.53 Å². The predicted octanol–water partition coefficient (Wildman–Crippen LogP) is 0.831. The van der Waals surface area contributed by atoms with Crippen molar-refractivity contribution in [3.05, 3.63) is 6.33 Å². The van der Waals surface area contributed by atoms with E-state index in [1.807, 2.05) is 0 Å². The molecule has 0 bridgehead atoms. The summed E-state index contributed by atoms with van der Waals surface area (Å²) < 4.78 is 22.0. The number of ether oxygens (including phenoxy) is 1. The standard InChI is InChI=1S/C17H25FN6O4/c1-5-17(6-25)11(26)9(18)15(28-17)24-7-20-10-12(19-4)21-16(22-13(10)24)23-14(27)8(2)3/h7-9,11,15,25-26H,5-6H2,1-4H3,(H2,19,21,22,23,27)/t9-,11+,15-,17-/m1/s1.